The van der Waals surface area contributed by atoms with Crippen molar-refractivity contribution >= 4 is 7.85 Å². The molecule has 0 bridgehead atoms. The van der Waals surface area contributed by atoms with Gasteiger partial charge in [-0.2, -0.15) is 0 Å². The lowest BCUT2D eigenvalue weighted by atomic mass is 9.84. The Hall–Kier alpha value is -0.195. The van der Waals surface area contributed by atoms with E-state index >= 15 is 0 Å². The maximum absolute atomic E-state index is 13.6. The molecule has 6 atom stereocenters. The molecule has 0 unspecified atom stereocenters. The number of hydrogen-bond acceptors (Lipinski definition) is 3. The predicted octanol–water partition coefficient (Wildman–Crippen LogP) is -0.804. The fourth-order valence-electron chi connectivity index (χ4n) is 2.86. The van der Waals surface area contributed by atoms with Crippen LogP contribution in [0.2, 0.25) is 0 Å². The highest BCUT2D eigenvalue weighted by Crippen LogP contribution is 2.68. The zero-order chi connectivity index (χ0) is 10.4. The van der Waals surface area contributed by atoms with Crippen LogP contribution in [-0.2, 0) is 4.74 Å². The van der Waals surface area contributed by atoms with Gasteiger partial charge < -0.3 is 14.9 Å². The van der Waals surface area contributed by atoms with Crippen LogP contribution in [0.25, 0.3) is 0 Å². The third kappa shape index (κ3) is 0.687. The Morgan fingerprint density at radius 1 is 1.36 bits per heavy atom. The van der Waals surface area contributed by atoms with Crippen LogP contribution in [-0.4, -0.2) is 53.2 Å². The average molecular weight is 202 g/mol. The van der Waals surface area contributed by atoms with Gasteiger partial charge >= 0.3 is 0 Å². The number of halogens is 2. The molecule has 1 saturated heterocycles. The first kappa shape index (κ1) is 9.06. The van der Waals surface area contributed by atoms with Gasteiger partial charge in [-0.15, -0.1) is 0 Å². The van der Waals surface area contributed by atoms with Gasteiger partial charge in [-0.05, 0) is 0 Å². The summed E-state index contributed by atoms with van der Waals surface area (Å²) in [5.41, 5.74) is -5.59. The van der Waals surface area contributed by atoms with E-state index < -0.39 is 41.6 Å². The number of alkyl halides is 2. The molecular weight excluding hydrogens is 193 g/mol. The lowest BCUT2D eigenvalue weighted by Crippen LogP contribution is -2.47. The monoisotopic (exact) mass is 202 g/mol. The minimum absolute atomic E-state index is 0.105. The van der Waals surface area contributed by atoms with Crippen LogP contribution in [0.5, 0.6) is 0 Å². The van der Waals surface area contributed by atoms with Crippen LogP contribution in [0.3, 0.4) is 0 Å². The van der Waals surface area contributed by atoms with Gasteiger partial charge in [-0.1, -0.05) is 0 Å². The summed E-state index contributed by atoms with van der Waals surface area (Å²) in [4.78, 5) is 0. The molecule has 2 radical (unpaired) electrons. The van der Waals surface area contributed by atoms with E-state index in [1.807, 2.05) is 0 Å². The average Bonchev–Trinajstić information content (AvgIpc) is 2.46. The first-order chi connectivity index (χ1) is 6.33. The fraction of sp³-hybridized carbons (Fsp3) is 1.00. The van der Waals surface area contributed by atoms with Crippen LogP contribution < -0.4 is 0 Å². The Kier molecular flexibility index (Phi) is 1.30. The second-order valence-electron chi connectivity index (χ2n) is 4.62. The molecule has 0 amide bonds. The minimum atomic E-state index is -1.96. The van der Waals surface area contributed by atoms with Crippen LogP contribution in [0.1, 0.15) is 12.8 Å². The second-order valence-corrected chi connectivity index (χ2v) is 4.62. The molecule has 76 valence electrons. The summed E-state index contributed by atoms with van der Waals surface area (Å²) in [6.45, 7) is 0. The number of ether oxygens (including phenoxy) is 1. The van der Waals surface area contributed by atoms with Crippen molar-refractivity contribution in [2.45, 2.75) is 48.0 Å². The van der Waals surface area contributed by atoms with E-state index in [-0.39, 0.29) is 6.42 Å². The van der Waals surface area contributed by atoms with Gasteiger partial charge in [0.25, 0.3) is 0 Å². The van der Waals surface area contributed by atoms with E-state index in [1.165, 1.54) is 0 Å². The normalized spacial score (nSPS) is 70.4. The number of hydrogen-bond donors (Lipinski definition) is 2. The van der Waals surface area contributed by atoms with Crippen molar-refractivity contribution in [3.8, 4) is 0 Å². The van der Waals surface area contributed by atoms with E-state index in [2.05, 4.69) is 0 Å². The van der Waals surface area contributed by atoms with Crippen molar-refractivity contribution in [2.24, 2.45) is 0 Å². The second kappa shape index (κ2) is 2.01. The van der Waals surface area contributed by atoms with E-state index in [4.69, 9.17) is 12.6 Å². The largest absolute Gasteiger partial charge is 0.384 e. The van der Waals surface area contributed by atoms with E-state index in [0.717, 1.165) is 0 Å². The molecule has 0 spiro atoms. The van der Waals surface area contributed by atoms with Crippen LogP contribution >= 0.6 is 0 Å². The third-order valence-electron chi connectivity index (χ3n) is 3.71. The summed E-state index contributed by atoms with van der Waals surface area (Å²) in [6, 6.07) is -1.28. The van der Waals surface area contributed by atoms with Crippen molar-refractivity contribution in [1.29, 1.82) is 0 Å². The molecule has 0 aromatic carbocycles. The zero-order valence-electron chi connectivity index (χ0n) is 7.28. The van der Waals surface area contributed by atoms with E-state index in [9.17, 15) is 19.0 Å². The number of fused-ring (bicyclic) bond motifs is 3. The topological polar surface area (TPSA) is 49.7 Å². The molecule has 3 rings (SSSR count). The first-order valence-electron chi connectivity index (χ1n) is 4.52. The molecule has 3 fully saturated rings. The third-order valence-corrected chi connectivity index (χ3v) is 3.71. The Morgan fingerprint density at radius 2 is 2.00 bits per heavy atom. The molecule has 2 aliphatic carbocycles. The van der Waals surface area contributed by atoms with E-state index in [0.29, 0.717) is 0 Å². The molecule has 1 aliphatic heterocycles. The molecule has 6 heteroatoms. The smallest absolute Gasteiger partial charge is 0.149 e. The predicted molar refractivity (Wildman–Crippen MR) is 42.3 cm³/mol. The SMILES string of the molecule is [B][C@@H]1O[C@H]2[C@](O)(C[C@]3(F)C[C@]23O)[C@@H]1F. The summed E-state index contributed by atoms with van der Waals surface area (Å²) >= 11 is 0. The zero-order valence-corrected chi connectivity index (χ0v) is 7.28. The Labute approximate surface area is 80.5 Å². The molecule has 3 nitrogen and oxygen atoms in total. The lowest BCUT2D eigenvalue weighted by molar-refractivity contribution is -0.0950. The van der Waals surface area contributed by atoms with Gasteiger partial charge in [-0.25, -0.2) is 8.78 Å². The van der Waals surface area contributed by atoms with Gasteiger partial charge in [0.2, 0.25) is 0 Å². The Morgan fingerprint density at radius 3 is 2.57 bits per heavy atom. The van der Waals surface area contributed by atoms with Gasteiger partial charge in [0.1, 0.15) is 37.0 Å². The van der Waals surface area contributed by atoms with Crippen LogP contribution in [0, 0.1) is 0 Å². The van der Waals surface area contributed by atoms with Gasteiger partial charge in [0.05, 0.1) is 6.00 Å². The molecule has 14 heavy (non-hydrogen) atoms. The maximum atomic E-state index is 13.6. The summed E-state index contributed by atoms with van der Waals surface area (Å²) in [7, 11) is 5.25. The highest BCUT2D eigenvalue weighted by molar-refractivity contribution is 6.11. The van der Waals surface area contributed by atoms with Crippen LogP contribution in [0.4, 0.5) is 8.78 Å². The van der Waals surface area contributed by atoms with Crippen molar-refractivity contribution in [3.63, 3.8) is 0 Å². The Bertz CT molecular complexity index is 317. The van der Waals surface area contributed by atoms with Crippen molar-refractivity contribution < 1.29 is 23.7 Å². The highest BCUT2D eigenvalue weighted by Gasteiger charge is 2.86. The molecule has 0 aromatic rings. The standard InChI is InChI=1S/C8H9BF2O3/c9-4-3(10)7(12)1-6(11)2-8(6,13)5(7)14-4/h3-5,12-13H,1-2H2/t3-,4-,5+,6+,7+,8+/m1/s1. The fourth-order valence-corrected chi connectivity index (χ4v) is 2.86. The van der Waals surface area contributed by atoms with E-state index in [1.54, 1.807) is 0 Å². The van der Waals surface area contributed by atoms with Crippen molar-refractivity contribution in [1.82, 2.24) is 0 Å². The van der Waals surface area contributed by atoms with Crippen molar-refractivity contribution in [3.05, 3.63) is 0 Å². The first-order valence-corrected chi connectivity index (χ1v) is 4.52. The number of rotatable bonds is 0. The summed E-state index contributed by atoms with van der Waals surface area (Å²) < 4.78 is 31.9. The Balaban J connectivity index is 2.02. The number of aliphatic hydroxyl groups is 2. The van der Waals surface area contributed by atoms with Gasteiger partial charge in [-0.3, -0.25) is 0 Å². The highest BCUT2D eigenvalue weighted by atomic mass is 19.1. The minimum Gasteiger partial charge on any atom is -0.384 e. The molecule has 2 saturated carbocycles. The van der Waals surface area contributed by atoms with Crippen molar-refractivity contribution in [2.75, 3.05) is 0 Å². The summed E-state index contributed by atoms with van der Waals surface area (Å²) in [5.74, 6) is 0. The van der Waals surface area contributed by atoms with Gasteiger partial charge in [0.15, 0.2) is 0 Å². The lowest BCUT2D eigenvalue weighted by Gasteiger charge is -2.26. The molecule has 3 aliphatic rings. The molecular formula is C8H9BF2O3. The molecule has 1 heterocycles. The molecule has 0 aromatic heterocycles. The maximum Gasteiger partial charge on any atom is 0.149 e. The summed E-state index contributed by atoms with van der Waals surface area (Å²) in [6.07, 6.45) is -3.61. The van der Waals surface area contributed by atoms with Gasteiger partial charge in [0, 0.05) is 12.8 Å². The summed E-state index contributed by atoms with van der Waals surface area (Å²) in [5, 5.41) is 19.5. The molecule has 2 N–H and O–H groups in total. The van der Waals surface area contributed by atoms with Crippen LogP contribution in [0.15, 0.2) is 0 Å². The quantitative estimate of drug-likeness (QED) is 0.505.